The first-order valence-electron chi connectivity index (χ1n) is 8.00. The summed E-state index contributed by atoms with van der Waals surface area (Å²) < 4.78 is 0. The van der Waals surface area contributed by atoms with E-state index in [1.165, 1.54) is 70.6 Å². The Labute approximate surface area is 114 Å². The van der Waals surface area contributed by atoms with Crippen LogP contribution in [0, 0.1) is 0 Å². The quantitative estimate of drug-likeness (QED) is 0.216. The molecule has 0 aromatic heterocycles. The molecule has 0 bridgehead atoms. The Bertz CT molecular complexity index is 184. The molecule has 0 aromatic carbocycles. The maximum Gasteiger partial charge on any atom is 0.119 e. The fraction of sp³-hybridized carbons (Fsp3) is 0.824. The number of rotatable bonds is 14. The van der Waals surface area contributed by atoms with Gasteiger partial charge in [-0.1, -0.05) is 64.0 Å². The summed E-state index contributed by atoms with van der Waals surface area (Å²) in [5.41, 5.74) is 0. The Kier molecular flexibility index (Phi) is 15.9. The second kappa shape index (κ2) is 16.4. The van der Waals surface area contributed by atoms with Crippen molar-refractivity contribution in [2.45, 2.75) is 90.4 Å². The van der Waals surface area contributed by atoms with Gasteiger partial charge in [-0.05, 0) is 32.1 Å². The van der Waals surface area contributed by atoms with Crippen molar-refractivity contribution in [1.29, 1.82) is 0 Å². The smallest absolute Gasteiger partial charge is 0.119 e. The fourth-order valence-corrected chi connectivity index (χ4v) is 2.12. The molecule has 1 heteroatoms. The van der Waals surface area contributed by atoms with Gasteiger partial charge in [-0.3, -0.25) is 0 Å². The van der Waals surface area contributed by atoms with E-state index >= 15 is 0 Å². The molecule has 0 aliphatic rings. The monoisotopic (exact) mass is 252 g/mol. The van der Waals surface area contributed by atoms with Gasteiger partial charge in [0.1, 0.15) is 6.29 Å². The van der Waals surface area contributed by atoms with E-state index in [1.807, 2.05) is 0 Å². The van der Waals surface area contributed by atoms with Crippen LogP contribution in [0.4, 0.5) is 0 Å². The molecule has 0 rings (SSSR count). The zero-order chi connectivity index (χ0) is 13.3. The van der Waals surface area contributed by atoms with Crippen molar-refractivity contribution in [2.24, 2.45) is 0 Å². The normalized spacial score (nSPS) is 11.2. The molecule has 0 atom stereocenters. The van der Waals surface area contributed by atoms with Crippen LogP contribution in [0.5, 0.6) is 0 Å². The van der Waals surface area contributed by atoms with Crippen molar-refractivity contribution in [3.8, 4) is 0 Å². The molecule has 0 amide bonds. The second-order valence-electron chi connectivity index (χ2n) is 5.19. The van der Waals surface area contributed by atoms with E-state index in [4.69, 9.17) is 0 Å². The van der Waals surface area contributed by atoms with Crippen LogP contribution in [0.2, 0.25) is 0 Å². The standard InChI is InChI=1S/C17H32O/c1-2-3-4-5-6-7-8-9-10-11-12-13-14-15-16-17-18/h9-10,17H,2-8,11-16H2,1H3/b10-9+. The van der Waals surface area contributed by atoms with Crippen LogP contribution in [0.3, 0.4) is 0 Å². The number of carbonyl (C=O) groups excluding carboxylic acids is 1. The highest BCUT2D eigenvalue weighted by molar-refractivity contribution is 5.48. The Hall–Kier alpha value is -0.590. The molecule has 0 fully saturated rings. The average molecular weight is 252 g/mol. The van der Waals surface area contributed by atoms with Crippen LogP contribution >= 0.6 is 0 Å². The summed E-state index contributed by atoms with van der Waals surface area (Å²) in [6.45, 7) is 2.27. The zero-order valence-electron chi connectivity index (χ0n) is 12.3. The lowest BCUT2D eigenvalue weighted by Gasteiger charge is -1.98. The van der Waals surface area contributed by atoms with Crippen LogP contribution in [-0.4, -0.2) is 6.29 Å². The van der Waals surface area contributed by atoms with Crippen molar-refractivity contribution in [2.75, 3.05) is 0 Å². The van der Waals surface area contributed by atoms with E-state index in [0.29, 0.717) is 0 Å². The van der Waals surface area contributed by atoms with Crippen LogP contribution in [0.25, 0.3) is 0 Å². The van der Waals surface area contributed by atoms with Crippen LogP contribution in [0.15, 0.2) is 12.2 Å². The van der Waals surface area contributed by atoms with Gasteiger partial charge in [0.05, 0.1) is 0 Å². The minimum Gasteiger partial charge on any atom is -0.303 e. The van der Waals surface area contributed by atoms with E-state index in [2.05, 4.69) is 19.1 Å². The molecule has 0 N–H and O–H groups in total. The largest absolute Gasteiger partial charge is 0.303 e. The molecule has 18 heavy (non-hydrogen) atoms. The SMILES string of the molecule is CCCCCCCC/C=C/CCCCCCC=O. The number of hydrogen-bond donors (Lipinski definition) is 0. The molecule has 0 saturated heterocycles. The number of aldehydes is 1. The predicted molar refractivity (Wildman–Crippen MR) is 80.9 cm³/mol. The second-order valence-corrected chi connectivity index (χ2v) is 5.19. The van der Waals surface area contributed by atoms with Crippen molar-refractivity contribution in [3.05, 3.63) is 12.2 Å². The van der Waals surface area contributed by atoms with E-state index in [9.17, 15) is 4.79 Å². The molecule has 0 heterocycles. The van der Waals surface area contributed by atoms with Gasteiger partial charge >= 0.3 is 0 Å². The lowest BCUT2D eigenvalue weighted by Crippen LogP contribution is -1.79. The summed E-state index contributed by atoms with van der Waals surface area (Å²) in [6, 6.07) is 0. The van der Waals surface area contributed by atoms with E-state index in [1.54, 1.807) is 0 Å². The number of hydrogen-bond acceptors (Lipinski definition) is 1. The Morgan fingerprint density at radius 2 is 1.06 bits per heavy atom. The molecule has 0 unspecified atom stereocenters. The van der Waals surface area contributed by atoms with Gasteiger partial charge < -0.3 is 4.79 Å². The average Bonchev–Trinajstić information content (AvgIpc) is 2.39. The third-order valence-corrected chi connectivity index (χ3v) is 3.33. The summed E-state index contributed by atoms with van der Waals surface area (Å²) in [5.74, 6) is 0. The van der Waals surface area contributed by atoms with Gasteiger partial charge in [0.2, 0.25) is 0 Å². The van der Waals surface area contributed by atoms with Gasteiger partial charge in [-0.2, -0.15) is 0 Å². The maximum absolute atomic E-state index is 10.1. The lowest BCUT2D eigenvalue weighted by atomic mass is 10.1. The van der Waals surface area contributed by atoms with Gasteiger partial charge in [-0.25, -0.2) is 0 Å². The molecule has 1 nitrogen and oxygen atoms in total. The first-order chi connectivity index (χ1) is 8.91. The van der Waals surface area contributed by atoms with E-state index in [-0.39, 0.29) is 0 Å². The fourth-order valence-electron chi connectivity index (χ4n) is 2.12. The molecular weight excluding hydrogens is 220 g/mol. The summed E-state index contributed by atoms with van der Waals surface area (Å²) in [7, 11) is 0. The summed E-state index contributed by atoms with van der Waals surface area (Å²) in [4.78, 5) is 10.1. The molecule has 106 valence electrons. The molecule has 0 aliphatic heterocycles. The Balaban J connectivity index is 3.02. The van der Waals surface area contributed by atoms with E-state index < -0.39 is 0 Å². The molecule has 0 saturated carbocycles. The lowest BCUT2D eigenvalue weighted by molar-refractivity contribution is -0.107. The highest BCUT2D eigenvalue weighted by Crippen LogP contribution is 2.08. The predicted octanol–water partition coefficient (Wildman–Crippen LogP) is 5.83. The van der Waals surface area contributed by atoms with E-state index in [0.717, 1.165) is 19.1 Å². The number of unbranched alkanes of at least 4 members (excludes halogenated alkanes) is 11. The first kappa shape index (κ1) is 17.4. The number of carbonyl (C=O) groups is 1. The molecular formula is C17H32O. The number of allylic oxidation sites excluding steroid dienone is 2. The zero-order valence-corrected chi connectivity index (χ0v) is 12.3. The minimum absolute atomic E-state index is 0.744. The maximum atomic E-state index is 10.1. The van der Waals surface area contributed by atoms with Crippen LogP contribution in [-0.2, 0) is 4.79 Å². The Morgan fingerprint density at radius 1 is 0.611 bits per heavy atom. The highest BCUT2D eigenvalue weighted by Gasteiger charge is 1.89. The van der Waals surface area contributed by atoms with Gasteiger partial charge in [0.25, 0.3) is 0 Å². The van der Waals surface area contributed by atoms with Crippen LogP contribution in [0.1, 0.15) is 90.4 Å². The summed E-state index contributed by atoms with van der Waals surface area (Å²) in [6.07, 6.45) is 22.1. The van der Waals surface area contributed by atoms with Crippen molar-refractivity contribution in [3.63, 3.8) is 0 Å². The Morgan fingerprint density at radius 3 is 1.56 bits per heavy atom. The topological polar surface area (TPSA) is 17.1 Å². The summed E-state index contributed by atoms with van der Waals surface area (Å²) >= 11 is 0. The first-order valence-corrected chi connectivity index (χ1v) is 8.00. The summed E-state index contributed by atoms with van der Waals surface area (Å²) in [5, 5.41) is 0. The van der Waals surface area contributed by atoms with Gasteiger partial charge in [-0.15, -0.1) is 0 Å². The molecule has 0 aliphatic carbocycles. The van der Waals surface area contributed by atoms with Gasteiger partial charge in [0.15, 0.2) is 0 Å². The minimum atomic E-state index is 0.744. The van der Waals surface area contributed by atoms with Gasteiger partial charge in [0, 0.05) is 6.42 Å². The van der Waals surface area contributed by atoms with Crippen molar-refractivity contribution >= 4 is 6.29 Å². The molecule has 0 radical (unpaired) electrons. The van der Waals surface area contributed by atoms with Crippen molar-refractivity contribution in [1.82, 2.24) is 0 Å². The third-order valence-electron chi connectivity index (χ3n) is 3.33. The third kappa shape index (κ3) is 15.4. The van der Waals surface area contributed by atoms with Crippen molar-refractivity contribution < 1.29 is 4.79 Å². The molecule has 0 spiro atoms. The van der Waals surface area contributed by atoms with Crippen LogP contribution < -0.4 is 0 Å². The molecule has 0 aromatic rings. The highest BCUT2D eigenvalue weighted by atomic mass is 16.1.